The van der Waals surface area contributed by atoms with E-state index in [9.17, 15) is 0 Å². The van der Waals surface area contributed by atoms with Gasteiger partial charge in [0.2, 0.25) is 0 Å². The maximum atomic E-state index is 5.96. The first-order chi connectivity index (χ1) is 7.65. The second kappa shape index (κ2) is 6.74. The van der Waals surface area contributed by atoms with Crippen LogP contribution in [0.15, 0.2) is 18.2 Å². The molecule has 16 heavy (non-hydrogen) atoms. The van der Waals surface area contributed by atoms with Crippen LogP contribution in [-0.4, -0.2) is 31.7 Å². The van der Waals surface area contributed by atoms with E-state index in [0.29, 0.717) is 10.7 Å². The lowest BCUT2D eigenvalue weighted by Gasteiger charge is -2.20. The van der Waals surface area contributed by atoms with Crippen LogP contribution in [0.25, 0.3) is 0 Å². The van der Waals surface area contributed by atoms with Gasteiger partial charge in [-0.15, -0.1) is 0 Å². The predicted octanol–water partition coefficient (Wildman–Crippen LogP) is 2.39. The van der Waals surface area contributed by atoms with E-state index in [4.69, 9.17) is 22.1 Å². The fourth-order valence-electron chi connectivity index (χ4n) is 1.59. The number of hydrogen-bond donors (Lipinski definition) is 1. The van der Waals surface area contributed by atoms with E-state index in [2.05, 4.69) is 11.8 Å². The highest BCUT2D eigenvalue weighted by atomic mass is 35.5. The zero-order valence-electron chi connectivity index (χ0n) is 9.87. The molecule has 3 nitrogen and oxygen atoms in total. The van der Waals surface area contributed by atoms with Gasteiger partial charge in [0.05, 0.1) is 6.61 Å². The van der Waals surface area contributed by atoms with E-state index in [1.807, 2.05) is 12.1 Å². The molecule has 0 saturated heterocycles. The molecular formula is C12H19ClN2O. The quantitative estimate of drug-likeness (QED) is 0.779. The van der Waals surface area contributed by atoms with Gasteiger partial charge < -0.3 is 10.5 Å². The number of nitrogens with zero attached hydrogens (tertiary/aromatic N) is 1. The average Bonchev–Trinajstić information content (AvgIpc) is 2.22. The highest BCUT2D eigenvalue weighted by Gasteiger charge is 2.04. The molecule has 0 aliphatic rings. The Morgan fingerprint density at radius 1 is 1.38 bits per heavy atom. The van der Waals surface area contributed by atoms with Gasteiger partial charge in [0.15, 0.2) is 0 Å². The third kappa shape index (κ3) is 4.39. The van der Waals surface area contributed by atoms with Gasteiger partial charge in [0.1, 0.15) is 0 Å². The number of methoxy groups -OCH3 is 1. The molecule has 0 aliphatic carbocycles. The lowest BCUT2D eigenvalue weighted by molar-refractivity contribution is 0.147. The summed E-state index contributed by atoms with van der Waals surface area (Å²) in [7, 11) is 1.71. The van der Waals surface area contributed by atoms with Crippen LogP contribution >= 0.6 is 11.6 Å². The Morgan fingerprint density at radius 3 is 2.69 bits per heavy atom. The second-order valence-corrected chi connectivity index (χ2v) is 4.19. The maximum Gasteiger partial charge on any atom is 0.0589 e. The Labute approximate surface area is 102 Å². The monoisotopic (exact) mass is 242 g/mol. The van der Waals surface area contributed by atoms with Crippen LogP contribution in [0.1, 0.15) is 12.5 Å². The Morgan fingerprint density at radius 2 is 2.12 bits per heavy atom. The molecule has 0 bridgehead atoms. The number of nitrogen functional groups attached to an aromatic ring is 1. The molecule has 0 heterocycles. The molecule has 0 atom stereocenters. The molecule has 1 rings (SSSR count). The van der Waals surface area contributed by atoms with Gasteiger partial charge in [-0.25, -0.2) is 0 Å². The summed E-state index contributed by atoms with van der Waals surface area (Å²) in [4.78, 5) is 2.29. The van der Waals surface area contributed by atoms with Crippen LogP contribution < -0.4 is 5.73 Å². The first kappa shape index (κ1) is 13.3. The van der Waals surface area contributed by atoms with E-state index in [0.717, 1.165) is 31.8 Å². The van der Waals surface area contributed by atoms with Crippen molar-refractivity contribution in [2.75, 3.05) is 32.5 Å². The lowest BCUT2D eigenvalue weighted by Crippen LogP contribution is -2.26. The van der Waals surface area contributed by atoms with E-state index in [1.165, 1.54) is 0 Å². The van der Waals surface area contributed by atoms with E-state index in [1.54, 1.807) is 13.2 Å². The molecule has 1 aromatic rings. The summed E-state index contributed by atoms with van der Waals surface area (Å²) in [5, 5.41) is 0.692. The van der Waals surface area contributed by atoms with Crippen molar-refractivity contribution in [2.45, 2.75) is 13.5 Å². The Kier molecular flexibility index (Phi) is 5.60. The summed E-state index contributed by atoms with van der Waals surface area (Å²) < 4.78 is 5.07. The minimum Gasteiger partial charge on any atom is -0.399 e. The van der Waals surface area contributed by atoms with Crippen LogP contribution in [0.3, 0.4) is 0 Å². The average molecular weight is 243 g/mol. The van der Waals surface area contributed by atoms with Crippen molar-refractivity contribution >= 4 is 17.3 Å². The van der Waals surface area contributed by atoms with Crippen LogP contribution in [0.4, 0.5) is 5.69 Å². The molecule has 0 amide bonds. The molecule has 0 saturated carbocycles. The van der Waals surface area contributed by atoms with Crippen molar-refractivity contribution in [3.8, 4) is 0 Å². The number of rotatable bonds is 6. The van der Waals surface area contributed by atoms with Crippen molar-refractivity contribution in [2.24, 2.45) is 0 Å². The van der Waals surface area contributed by atoms with Crippen LogP contribution in [0.5, 0.6) is 0 Å². The summed E-state index contributed by atoms with van der Waals surface area (Å²) >= 11 is 5.96. The smallest absolute Gasteiger partial charge is 0.0589 e. The highest BCUT2D eigenvalue weighted by molar-refractivity contribution is 6.30. The minimum absolute atomic E-state index is 0.692. The molecule has 0 fully saturated rings. The molecule has 4 heteroatoms. The summed E-state index contributed by atoms with van der Waals surface area (Å²) in [6, 6.07) is 5.67. The van der Waals surface area contributed by atoms with Gasteiger partial charge >= 0.3 is 0 Å². The third-order valence-electron chi connectivity index (χ3n) is 2.44. The number of ether oxygens (including phenoxy) is 1. The largest absolute Gasteiger partial charge is 0.399 e. The minimum atomic E-state index is 0.692. The summed E-state index contributed by atoms with van der Waals surface area (Å²) in [5.74, 6) is 0. The molecule has 2 N–H and O–H groups in total. The molecule has 0 aliphatic heterocycles. The van der Waals surface area contributed by atoms with Gasteiger partial charge in [0, 0.05) is 30.9 Å². The summed E-state index contributed by atoms with van der Waals surface area (Å²) in [5.41, 5.74) is 7.60. The Bertz CT molecular complexity index is 311. The van der Waals surface area contributed by atoms with Crippen molar-refractivity contribution in [1.82, 2.24) is 4.90 Å². The molecule has 0 unspecified atom stereocenters. The Balaban J connectivity index is 2.62. The molecule has 0 aromatic heterocycles. The standard InChI is InChI=1S/C12H19ClN2O/c1-3-15(4-5-16-2)9-10-6-11(13)8-12(14)7-10/h6-8H,3-5,9,14H2,1-2H3. The number of halogens is 1. The van der Waals surface area contributed by atoms with E-state index in [-0.39, 0.29) is 0 Å². The molecular weight excluding hydrogens is 224 g/mol. The van der Waals surface area contributed by atoms with Crippen LogP contribution in [0, 0.1) is 0 Å². The SMILES string of the molecule is CCN(CCOC)Cc1cc(N)cc(Cl)c1. The zero-order valence-corrected chi connectivity index (χ0v) is 10.6. The first-order valence-electron chi connectivity index (χ1n) is 5.42. The molecule has 0 radical (unpaired) electrons. The fourth-order valence-corrected chi connectivity index (χ4v) is 1.86. The van der Waals surface area contributed by atoms with Gasteiger partial charge in [-0.3, -0.25) is 4.90 Å². The van der Waals surface area contributed by atoms with Crippen LogP contribution in [0.2, 0.25) is 5.02 Å². The second-order valence-electron chi connectivity index (χ2n) is 3.75. The maximum absolute atomic E-state index is 5.96. The van der Waals surface area contributed by atoms with E-state index >= 15 is 0 Å². The van der Waals surface area contributed by atoms with Crippen molar-refractivity contribution < 1.29 is 4.74 Å². The van der Waals surface area contributed by atoms with Crippen molar-refractivity contribution in [3.63, 3.8) is 0 Å². The number of nitrogens with two attached hydrogens (primary N) is 1. The molecule has 1 aromatic carbocycles. The van der Waals surface area contributed by atoms with Crippen LogP contribution in [-0.2, 0) is 11.3 Å². The van der Waals surface area contributed by atoms with Gasteiger partial charge in [-0.2, -0.15) is 0 Å². The number of anilines is 1. The molecule has 90 valence electrons. The van der Waals surface area contributed by atoms with Gasteiger partial charge in [0.25, 0.3) is 0 Å². The zero-order chi connectivity index (χ0) is 12.0. The lowest BCUT2D eigenvalue weighted by atomic mass is 10.2. The van der Waals surface area contributed by atoms with E-state index < -0.39 is 0 Å². The van der Waals surface area contributed by atoms with Gasteiger partial charge in [-0.05, 0) is 30.3 Å². The number of hydrogen-bond acceptors (Lipinski definition) is 3. The Hall–Kier alpha value is -0.770. The number of benzene rings is 1. The summed E-state index contributed by atoms with van der Waals surface area (Å²) in [6.45, 7) is 5.62. The highest BCUT2D eigenvalue weighted by Crippen LogP contribution is 2.17. The normalized spacial score (nSPS) is 11.0. The number of likely N-dealkylation sites (N-methyl/N-ethyl adjacent to an activating group) is 1. The van der Waals surface area contributed by atoms with Crippen molar-refractivity contribution in [3.05, 3.63) is 28.8 Å². The topological polar surface area (TPSA) is 38.5 Å². The molecule has 0 spiro atoms. The van der Waals surface area contributed by atoms with Crippen molar-refractivity contribution in [1.29, 1.82) is 0 Å². The fraction of sp³-hybridized carbons (Fsp3) is 0.500. The predicted molar refractivity (Wildman–Crippen MR) is 68.7 cm³/mol. The first-order valence-corrected chi connectivity index (χ1v) is 5.79. The van der Waals surface area contributed by atoms with Gasteiger partial charge in [-0.1, -0.05) is 18.5 Å². The summed E-state index contributed by atoms with van der Waals surface area (Å²) in [6.07, 6.45) is 0. The third-order valence-corrected chi connectivity index (χ3v) is 2.66.